The molecule has 1 aromatic heterocycles. The normalized spacial score (nSPS) is 19.5. The summed E-state index contributed by atoms with van der Waals surface area (Å²) in [6.07, 6.45) is 7.61. The van der Waals surface area contributed by atoms with Crippen molar-refractivity contribution < 1.29 is 18.3 Å². The summed E-state index contributed by atoms with van der Waals surface area (Å²) in [4.78, 5) is 21.4. The second kappa shape index (κ2) is 10.4. The number of rotatable bonds is 5. The van der Waals surface area contributed by atoms with E-state index >= 15 is 0 Å². The first kappa shape index (κ1) is 24.9. The van der Waals surface area contributed by atoms with Crippen molar-refractivity contribution in [2.45, 2.75) is 50.5 Å². The molecule has 1 atom stereocenters. The summed E-state index contributed by atoms with van der Waals surface area (Å²) in [5.74, 6) is -1.83. The van der Waals surface area contributed by atoms with Crippen molar-refractivity contribution in [2.75, 3.05) is 26.2 Å². The molecule has 0 radical (unpaired) electrons. The summed E-state index contributed by atoms with van der Waals surface area (Å²) in [5.41, 5.74) is 4.77. The van der Waals surface area contributed by atoms with Crippen LogP contribution in [0.1, 0.15) is 59.5 Å². The van der Waals surface area contributed by atoms with Crippen LogP contribution in [0.25, 0.3) is 0 Å². The Bertz CT molecular complexity index is 1300. The molecular weight excluding hydrogens is 486 g/mol. The fourth-order valence-electron chi connectivity index (χ4n) is 6.00. The molecule has 2 amide bonds. The zero-order valence-electron chi connectivity index (χ0n) is 21.3. The third-order valence-electron chi connectivity index (χ3n) is 8.23. The minimum absolute atomic E-state index is 0.186. The molecule has 0 bridgehead atoms. The second-order valence-electron chi connectivity index (χ2n) is 10.6. The maximum atomic E-state index is 14.1. The van der Waals surface area contributed by atoms with Gasteiger partial charge >= 0.3 is 6.03 Å². The Morgan fingerprint density at radius 3 is 2.45 bits per heavy atom. The maximum absolute atomic E-state index is 14.1. The molecule has 8 heteroatoms. The van der Waals surface area contributed by atoms with E-state index in [0.29, 0.717) is 25.3 Å². The van der Waals surface area contributed by atoms with Crippen LogP contribution >= 0.6 is 0 Å². The number of hydrogen-bond donors (Lipinski definition) is 1. The fraction of sp³-hybridized carbons (Fsp3) is 0.400. The van der Waals surface area contributed by atoms with E-state index in [4.69, 9.17) is 4.74 Å². The summed E-state index contributed by atoms with van der Waals surface area (Å²) in [5, 5.41) is 3.04. The van der Waals surface area contributed by atoms with Crippen LogP contribution in [0.5, 0.6) is 0 Å². The molecule has 2 saturated heterocycles. The first-order valence-corrected chi connectivity index (χ1v) is 13.4. The van der Waals surface area contributed by atoms with E-state index in [-0.39, 0.29) is 11.6 Å². The lowest BCUT2D eigenvalue weighted by molar-refractivity contribution is -0.0800. The highest BCUT2D eigenvalue weighted by Gasteiger charge is 2.42. The van der Waals surface area contributed by atoms with Crippen molar-refractivity contribution in [1.82, 2.24) is 20.1 Å². The van der Waals surface area contributed by atoms with Crippen molar-refractivity contribution in [2.24, 2.45) is 0 Å². The smallest absolute Gasteiger partial charge is 0.318 e. The Morgan fingerprint density at radius 2 is 1.71 bits per heavy atom. The molecule has 3 aliphatic rings. The van der Waals surface area contributed by atoms with E-state index in [1.165, 1.54) is 23.3 Å². The Morgan fingerprint density at radius 1 is 0.974 bits per heavy atom. The number of nitrogens with one attached hydrogen (secondary N) is 1. The van der Waals surface area contributed by atoms with E-state index in [2.05, 4.69) is 33.4 Å². The topological polar surface area (TPSA) is 57.7 Å². The molecule has 2 fully saturated rings. The zero-order chi connectivity index (χ0) is 26.1. The molecule has 198 valence electrons. The lowest BCUT2D eigenvalue weighted by atomic mass is 9.84. The van der Waals surface area contributed by atoms with Gasteiger partial charge in [0.1, 0.15) is 0 Å². The molecule has 3 aliphatic heterocycles. The van der Waals surface area contributed by atoms with Crippen molar-refractivity contribution in [3.8, 4) is 0 Å². The van der Waals surface area contributed by atoms with E-state index in [0.717, 1.165) is 62.5 Å². The fourth-order valence-corrected chi connectivity index (χ4v) is 6.00. The number of benzene rings is 2. The molecule has 1 N–H and O–H groups in total. The third-order valence-corrected chi connectivity index (χ3v) is 8.23. The molecule has 0 aliphatic carbocycles. The SMILES string of the molecule is O=C(NC(c1ccc(CN2CCC3(CC2)OCc2ccncc23)cc1)c1ccc(F)c(F)c1)N1CCCC1. The van der Waals surface area contributed by atoms with Gasteiger partial charge in [0.15, 0.2) is 11.6 Å². The number of pyridine rings is 1. The number of hydrogen-bond acceptors (Lipinski definition) is 4. The molecule has 3 aromatic rings. The average Bonchev–Trinajstić information content (AvgIpc) is 3.61. The van der Waals surface area contributed by atoms with Gasteiger partial charge in [-0.15, -0.1) is 0 Å². The maximum Gasteiger partial charge on any atom is 0.318 e. The Labute approximate surface area is 221 Å². The number of aromatic nitrogens is 1. The highest BCUT2D eigenvalue weighted by molar-refractivity contribution is 5.75. The number of urea groups is 1. The van der Waals surface area contributed by atoms with Gasteiger partial charge in [-0.1, -0.05) is 30.3 Å². The summed E-state index contributed by atoms with van der Waals surface area (Å²) >= 11 is 0. The van der Waals surface area contributed by atoms with Gasteiger partial charge in [0.25, 0.3) is 0 Å². The number of nitrogens with zero attached hydrogens (tertiary/aromatic N) is 3. The van der Waals surface area contributed by atoms with Crippen molar-refractivity contribution in [3.63, 3.8) is 0 Å². The van der Waals surface area contributed by atoms with Gasteiger partial charge in [0.05, 0.1) is 18.2 Å². The zero-order valence-corrected chi connectivity index (χ0v) is 21.3. The Kier molecular flexibility index (Phi) is 6.84. The number of fused-ring (bicyclic) bond motifs is 2. The summed E-state index contributed by atoms with van der Waals surface area (Å²) in [6.45, 7) is 4.75. The van der Waals surface area contributed by atoms with Gasteiger partial charge in [0, 0.05) is 50.7 Å². The molecule has 1 spiro atoms. The third kappa shape index (κ3) is 4.90. The monoisotopic (exact) mass is 518 g/mol. The predicted octanol–water partition coefficient (Wildman–Crippen LogP) is 5.28. The molecule has 6 rings (SSSR count). The number of carbonyl (C=O) groups is 1. The molecule has 4 heterocycles. The number of piperidine rings is 1. The summed E-state index contributed by atoms with van der Waals surface area (Å²) < 4.78 is 34.0. The molecule has 38 heavy (non-hydrogen) atoms. The van der Waals surface area contributed by atoms with Crippen molar-refractivity contribution >= 4 is 6.03 Å². The van der Waals surface area contributed by atoms with E-state index in [9.17, 15) is 13.6 Å². The first-order valence-electron chi connectivity index (χ1n) is 13.4. The van der Waals surface area contributed by atoms with Crippen LogP contribution < -0.4 is 5.32 Å². The van der Waals surface area contributed by atoms with Crippen molar-refractivity contribution in [3.05, 3.63) is 100 Å². The molecule has 0 saturated carbocycles. The summed E-state index contributed by atoms with van der Waals surface area (Å²) in [7, 11) is 0. The molecule has 6 nitrogen and oxygen atoms in total. The van der Waals surface area contributed by atoms with Crippen LogP contribution in [-0.4, -0.2) is 47.0 Å². The number of halogens is 2. The van der Waals surface area contributed by atoms with Gasteiger partial charge in [-0.3, -0.25) is 9.88 Å². The van der Waals surface area contributed by atoms with Gasteiger partial charge in [-0.2, -0.15) is 0 Å². The van der Waals surface area contributed by atoms with Crippen molar-refractivity contribution in [1.29, 1.82) is 0 Å². The average molecular weight is 519 g/mol. The number of carbonyl (C=O) groups excluding carboxylic acids is 1. The highest BCUT2D eigenvalue weighted by Crippen LogP contribution is 2.43. The standard InChI is InChI=1S/C30H32F2N4O2/c31-26-8-7-23(17-27(26)32)28(34-29(37)36-13-1-2-14-36)22-5-3-21(4-6-22)19-35-15-10-30(11-16-35)25-18-33-12-9-24(25)20-38-30/h3-9,12,17-18,28H,1-2,10-11,13-16,19-20H2,(H,34,37). The van der Waals surface area contributed by atoms with E-state index in [1.807, 2.05) is 24.5 Å². The van der Waals surface area contributed by atoms with Crippen LogP contribution in [0, 0.1) is 11.6 Å². The predicted molar refractivity (Wildman–Crippen MR) is 139 cm³/mol. The van der Waals surface area contributed by atoms with Gasteiger partial charge in [0.2, 0.25) is 0 Å². The van der Waals surface area contributed by atoms with Crippen LogP contribution in [0.4, 0.5) is 13.6 Å². The number of amides is 2. The quantitative estimate of drug-likeness (QED) is 0.500. The van der Waals surface area contributed by atoms with Gasteiger partial charge < -0.3 is 15.0 Å². The first-order chi connectivity index (χ1) is 18.5. The van der Waals surface area contributed by atoms with Gasteiger partial charge in [-0.25, -0.2) is 13.6 Å². The Hall–Kier alpha value is -3.36. The van der Waals surface area contributed by atoms with E-state index in [1.54, 1.807) is 4.90 Å². The van der Waals surface area contributed by atoms with Crippen LogP contribution in [0.2, 0.25) is 0 Å². The minimum Gasteiger partial charge on any atom is -0.365 e. The number of ether oxygens (including phenoxy) is 1. The lowest BCUT2D eigenvalue weighted by Crippen LogP contribution is -2.42. The van der Waals surface area contributed by atoms with Gasteiger partial charge in [-0.05, 0) is 66.1 Å². The van der Waals surface area contributed by atoms with E-state index < -0.39 is 17.7 Å². The second-order valence-corrected chi connectivity index (χ2v) is 10.6. The largest absolute Gasteiger partial charge is 0.365 e. The van der Waals surface area contributed by atoms with Crippen LogP contribution in [0.15, 0.2) is 60.9 Å². The van der Waals surface area contributed by atoms with Crippen LogP contribution in [-0.2, 0) is 23.5 Å². The lowest BCUT2D eigenvalue weighted by Gasteiger charge is -2.39. The summed E-state index contributed by atoms with van der Waals surface area (Å²) in [6, 6.07) is 13.2. The molecule has 1 unspecified atom stereocenters. The molecule has 2 aromatic carbocycles. The number of likely N-dealkylation sites (tertiary alicyclic amines) is 2. The minimum atomic E-state index is -0.924. The Balaban J connectivity index is 1.14. The molecular formula is C30H32F2N4O2. The highest BCUT2D eigenvalue weighted by atomic mass is 19.2. The van der Waals surface area contributed by atoms with Crippen LogP contribution in [0.3, 0.4) is 0 Å².